The van der Waals surface area contributed by atoms with Crippen molar-refractivity contribution in [2.75, 3.05) is 26.3 Å². The van der Waals surface area contributed by atoms with Crippen LogP contribution in [0.25, 0.3) is 0 Å². The van der Waals surface area contributed by atoms with Crippen molar-refractivity contribution < 1.29 is 22.3 Å². The number of carbonyl (C=O) groups excluding carboxylic acids is 1. The topological polar surface area (TPSA) is 75.7 Å². The molecule has 1 unspecified atom stereocenters. The molecule has 0 aromatic heterocycles. The fraction of sp³-hybridized carbons (Fsp3) is 0.381. The molecule has 162 valence electrons. The van der Waals surface area contributed by atoms with Crippen molar-refractivity contribution in [3.8, 4) is 0 Å². The second kappa shape index (κ2) is 9.43. The summed E-state index contributed by atoms with van der Waals surface area (Å²) in [7, 11) is -3.76. The van der Waals surface area contributed by atoms with Crippen LogP contribution in [0.15, 0.2) is 47.4 Å². The van der Waals surface area contributed by atoms with Gasteiger partial charge in [-0.1, -0.05) is 37.6 Å². The molecular weight excluding hydrogens is 431 g/mol. The standard InChI is InChI=1S/C21H24ClFN2O4S/c1-14(2)20(15-3-5-16(23)6-4-15)24-21(26)18-13-17(7-8-19(18)22)30(27,28)25-9-11-29-12-10-25/h3-8,13-14,20H,9-12H2,1-2H3,(H,24,26). The van der Waals surface area contributed by atoms with Gasteiger partial charge in [0.25, 0.3) is 5.91 Å². The van der Waals surface area contributed by atoms with Gasteiger partial charge in [-0.15, -0.1) is 0 Å². The van der Waals surface area contributed by atoms with Crippen LogP contribution in [0.5, 0.6) is 0 Å². The lowest BCUT2D eigenvalue weighted by Crippen LogP contribution is -2.40. The predicted octanol–water partition coefficient (Wildman–Crippen LogP) is 3.63. The molecule has 1 aliphatic rings. The Kier molecular flexibility index (Phi) is 7.13. The minimum atomic E-state index is -3.76. The Hall–Kier alpha value is -2.00. The van der Waals surface area contributed by atoms with Crippen LogP contribution < -0.4 is 5.32 Å². The number of halogens is 2. The molecule has 6 nitrogen and oxygen atoms in total. The number of nitrogens with one attached hydrogen (secondary N) is 1. The summed E-state index contributed by atoms with van der Waals surface area (Å²) in [4.78, 5) is 13.0. The summed E-state index contributed by atoms with van der Waals surface area (Å²) in [6, 6.07) is 9.59. The van der Waals surface area contributed by atoms with Gasteiger partial charge < -0.3 is 10.1 Å². The molecule has 9 heteroatoms. The Morgan fingerprint density at radius 1 is 1.13 bits per heavy atom. The molecular formula is C21H24ClFN2O4S. The van der Waals surface area contributed by atoms with E-state index in [0.29, 0.717) is 13.2 Å². The van der Waals surface area contributed by atoms with Crippen LogP contribution >= 0.6 is 11.6 Å². The molecule has 2 aromatic rings. The third kappa shape index (κ3) is 5.00. The molecule has 1 fully saturated rings. The van der Waals surface area contributed by atoms with E-state index in [1.807, 2.05) is 13.8 Å². The van der Waals surface area contributed by atoms with Gasteiger partial charge in [-0.05, 0) is 41.8 Å². The Labute approximate surface area is 181 Å². The molecule has 0 spiro atoms. The van der Waals surface area contributed by atoms with Gasteiger partial charge in [0.05, 0.1) is 34.7 Å². The lowest BCUT2D eigenvalue weighted by molar-refractivity contribution is 0.0730. The zero-order valence-electron chi connectivity index (χ0n) is 16.8. The molecule has 1 heterocycles. The first-order valence-corrected chi connectivity index (χ1v) is 11.5. The first-order chi connectivity index (χ1) is 14.2. The van der Waals surface area contributed by atoms with Gasteiger partial charge in [-0.3, -0.25) is 4.79 Å². The number of nitrogens with zero attached hydrogens (tertiary/aromatic N) is 1. The maximum atomic E-state index is 13.3. The zero-order chi connectivity index (χ0) is 21.9. The van der Waals surface area contributed by atoms with E-state index in [-0.39, 0.29) is 40.3 Å². The van der Waals surface area contributed by atoms with Crippen molar-refractivity contribution in [3.05, 3.63) is 64.4 Å². The van der Waals surface area contributed by atoms with Gasteiger partial charge in [0.2, 0.25) is 10.0 Å². The molecule has 30 heavy (non-hydrogen) atoms. The highest BCUT2D eigenvalue weighted by Gasteiger charge is 2.28. The van der Waals surface area contributed by atoms with Gasteiger partial charge in [-0.25, -0.2) is 12.8 Å². The van der Waals surface area contributed by atoms with Gasteiger partial charge >= 0.3 is 0 Å². The molecule has 0 saturated carbocycles. The highest BCUT2D eigenvalue weighted by atomic mass is 35.5. The lowest BCUT2D eigenvalue weighted by Gasteiger charge is -2.26. The highest BCUT2D eigenvalue weighted by molar-refractivity contribution is 7.89. The van der Waals surface area contributed by atoms with Crippen LogP contribution in [0.1, 0.15) is 35.8 Å². The minimum absolute atomic E-state index is 0.00169. The predicted molar refractivity (Wildman–Crippen MR) is 112 cm³/mol. The van der Waals surface area contributed by atoms with Crippen molar-refractivity contribution >= 4 is 27.5 Å². The molecule has 3 rings (SSSR count). The van der Waals surface area contributed by atoms with Crippen molar-refractivity contribution in [3.63, 3.8) is 0 Å². The fourth-order valence-electron chi connectivity index (χ4n) is 3.30. The normalized spacial score (nSPS) is 16.4. The minimum Gasteiger partial charge on any atom is -0.379 e. The summed E-state index contributed by atoms with van der Waals surface area (Å²) >= 11 is 6.22. The summed E-state index contributed by atoms with van der Waals surface area (Å²) in [5.41, 5.74) is 0.812. The summed E-state index contributed by atoms with van der Waals surface area (Å²) in [5, 5.41) is 3.04. The van der Waals surface area contributed by atoms with E-state index in [1.54, 1.807) is 12.1 Å². The monoisotopic (exact) mass is 454 g/mol. The summed E-state index contributed by atoms with van der Waals surface area (Å²) in [6.45, 7) is 5.02. The Bertz CT molecular complexity index is 1010. The maximum Gasteiger partial charge on any atom is 0.253 e. The average molecular weight is 455 g/mol. The van der Waals surface area contributed by atoms with Crippen molar-refractivity contribution in [2.45, 2.75) is 24.8 Å². The first-order valence-electron chi connectivity index (χ1n) is 9.64. The van der Waals surface area contributed by atoms with E-state index in [9.17, 15) is 17.6 Å². The highest BCUT2D eigenvalue weighted by Crippen LogP contribution is 2.26. The summed E-state index contributed by atoms with van der Waals surface area (Å²) < 4.78 is 45.6. The fourth-order valence-corrected chi connectivity index (χ4v) is 4.94. The van der Waals surface area contributed by atoms with Crippen molar-refractivity contribution in [1.29, 1.82) is 0 Å². The van der Waals surface area contributed by atoms with Crippen LogP contribution in [-0.2, 0) is 14.8 Å². The molecule has 1 aliphatic heterocycles. The zero-order valence-corrected chi connectivity index (χ0v) is 18.3. The molecule has 1 amide bonds. The SMILES string of the molecule is CC(C)C(NC(=O)c1cc(S(=O)(=O)N2CCOCC2)ccc1Cl)c1ccc(F)cc1. The van der Waals surface area contributed by atoms with Crippen LogP contribution in [0.2, 0.25) is 5.02 Å². The molecule has 1 atom stereocenters. The second-order valence-corrected chi connectivity index (χ2v) is 9.75. The molecule has 0 radical (unpaired) electrons. The van der Waals surface area contributed by atoms with Crippen molar-refractivity contribution in [2.24, 2.45) is 5.92 Å². The lowest BCUT2D eigenvalue weighted by atomic mass is 9.95. The van der Waals surface area contributed by atoms with E-state index in [2.05, 4.69) is 5.32 Å². The number of morpholine rings is 1. The van der Waals surface area contributed by atoms with E-state index < -0.39 is 22.0 Å². The van der Waals surface area contributed by atoms with E-state index in [0.717, 1.165) is 5.56 Å². The third-order valence-corrected chi connectivity index (χ3v) is 7.20. The third-order valence-electron chi connectivity index (χ3n) is 4.97. The van der Waals surface area contributed by atoms with E-state index in [4.69, 9.17) is 16.3 Å². The number of sulfonamides is 1. The number of benzene rings is 2. The largest absolute Gasteiger partial charge is 0.379 e. The van der Waals surface area contributed by atoms with Crippen molar-refractivity contribution in [1.82, 2.24) is 9.62 Å². The number of ether oxygens (including phenoxy) is 1. The average Bonchev–Trinajstić information content (AvgIpc) is 2.73. The molecule has 1 N–H and O–H groups in total. The van der Waals surface area contributed by atoms with Crippen LogP contribution in [0.4, 0.5) is 4.39 Å². The molecule has 2 aromatic carbocycles. The van der Waals surface area contributed by atoms with Gasteiger partial charge in [0.1, 0.15) is 5.82 Å². The van der Waals surface area contributed by atoms with Gasteiger partial charge in [0.15, 0.2) is 0 Å². The van der Waals surface area contributed by atoms with Crippen LogP contribution in [0, 0.1) is 11.7 Å². The number of carbonyl (C=O) groups is 1. The van der Waals surface area contributed by atoms with E-state index in [1.165, 1.54) is 34.6 Å². The van der Waals surface area contributed by atoms with E-state index >= 15 is 0 Å². The second-order valence-electron chi connectivity index (χ2n) is 7.40. The quantitative estimate of drug-likeness (QED) is 0.723. The molecule has 1 saturated heterocycles. The first kappa shape index (κ1) is 22.7. The Morgan fingerprint density at radius 3 is 2.37 bits per heavy atom. The van der Waals surface area contributed by atoms with Gasteiger partial charge in [0, 0.05) is 13.1 Å². The molecule has 0 aliphatic carbocycles. The number of hydrogen-bond donors (Lipinski definition) is 1. The number of hydrogen-bond acceptors (Lipinski definition) is 4. The summed E-state index contributed by atoms with van der Waals surface area (Å²) in [5.74, 6) is -0.850. The number of rotatable bonds is 6. The molecule has 0 bridgehead atoms. The Balaban J connectivity index is 1.88. The summed E-state index contributed by atoms with van der Waals surface area (Å²) in [6.07, 6.45) is 0. The number of amides is 1. The van der Waals surface area contributed by atoms with Crippen LogP contribution in [0.3, 0.4) is 0 Å². The smallest absolute Gasteiger partial charge is 0.253 e. The Morgan fingerprint density at radius 2 is 1.77 bits per heavy atom. The van der Waals surface area contributed by atoms with Gasteiger partial charge in [-0.2, -0.15) is 4.31 Å². The maximum absolute atomic E-state index is 13.3. The van der Waals surface area contributed by atoms with Crippen LogP contribution in [-0.4, -0.2) is 44.9 Å².